The summed E-state index contributed by atoms with van der Waals surface area (Å²) in [4.78, 5) is 28.4. The van der Waals surface area contributed by atoms with Crippen molar-refractivity contribution in [3.8, 4) is 0 Å². The van der Waals surface area contributed by atoms with Crippen molar-refractivity contribution in [1.29, 1.82) is 0 Å². The number of nitrogens with one attached hydrogen (secondary N) is 2. The zero-order chi connectivity index (χ0) is 21.5. The summed E-state index contributed by atoms with van der Waals surface area (Å²) in [7, 11) is 1.34. The molecule has 2 N–H and O–H groups in total. The fraction of sp³-hybridized carbons (Fsp3) is 0.250. The molecule has 3 aromatic rings. The third-order valence-electron chi connectivity index (χ3n) is 4.99. The van der Waals surface area contributed by atoms with E-state index in [9.17, 15) is 9.59 Å². The average Bonchev–Trinajstić information content (AvgIpc) is 3.11. The van der Waals surface area contributed by atoms with Gasteiger partial charge in [0, 0.05) is 18.8 Å². The molecule has 0 spiro atoms. The number of methoxy groups -OCH3 is 1. The van der Waals surface area contributed by atoms with Crippen LogP contribution in [0.3, 0.4) is 0 Å². The summed E-state index contributed by atoms with van der Waals surface area (Å²) in [5.74, 6) is -0.728. The van der Waals surface area contributed by atoms with Crippen LogP contribution in [0.4, 0.5) is 0 Å². The molecule has 0 unspecified atom stereocenters. The monoisotopic (exact) mass is 405 g/mol. The van der Waals surface area contributed by atoms with E-state index in [0.29, 0.717) is 42.0 Å². The molecule has 3 rings (SSSR count). The summed E-state index contributed by atoms with van der Waals surface area (Å²) < 4.78 is 4.89. The van der Waals surface area contributed by atoms with Crippen LogP contribution in [0.1, 0.15) is 50.2 Å². The number of carbonyl (C=O) groups is 2. The number of nitrogens with zero attached hydrogens (tertiary/aromatic N) is 1. The number of aromatic nitrogens is 1. The van der Waals surface area contributed by atoms with Crippen molar-refractivity contribution in [3.05, 3.63) is 94.3 Å². The van der Waals surface area contributed by atoms with Gasteiger partial charge >= 0.3 is 5.97 Å². The highest BCUT2D eigenvalue weighted by atomic mass is 16.5. The van der Waals surface area contributed by atoms with E-state index in [0.717, 1.165) is 11.1 Å². The molecule has 0 aliphatic heterocycles. The van der Waals surface area contributed by atoms with Crippen LogP contribution in [0.2, 0.25) is 0 Å². The molecule has 30 heavy (non-hydrogen) atoms. The zero-order valence-corrected chi connectivity index (χ0v) is 17.6. The second kappa shape index (κ2) is 9.89. The third-order valence-corrected chi connectivity index (χ3v) is 4.99. The lowest BCUT2D eigenvalue weighted by Crippen LogP contribution is -2.41. The number of esters is 1. The molecule has 6 heteroatoms. The fourth-order valence-electron chi connectivity index (χ4n) is 3.47. The lowest BCUT2D eigenvalue weighted by molar-refractivity contribution is 0.0599. The van der Waals surface area contributed by atoms with E-state index < -0.39 is 5.97 Å². The number of aryl methyl sites for hydroxylation is 1. The Hall–Kier alpha value is -3.38. The normalized spacial score (nSPS) is 10.8. The number of benzene rings is 2. The molecule has 156 valence electrons. The summed E-state index contributed by atoms with van der Waals surface area (Å²) in [5, 5.41) is 1.87. The highest BCUT2D eigenvalue weighted by Crippen LogP contribution is 2.20. The number of hydrazine groups is 1. The molecule has 1 amide bonds. The van der Waals surface area contributed by atoms with Gasteiger partial charge < -0.3 is 9.72 Å². The smallest absolute Gasteiger partial charge is 0.339 e. The number of rotatable bonds is 8. The second-order valence-electron chi connectivity index (χ2n) is 7.09. The quantitative estimate of drug-likeness (QED) is 0.438. The van der Waals surface area contributed by atoms with Gasteiger partial charge in [-0.2, -0.15) is 0 Å². The van der Waals surface area contributed by atoms with Crippen LogP contribution in [-0.2, 0) is 24.2 Å². The van der Waals surface area contributed by atoms with Crippen molar-refractivity contribution in [2.75, 3.05) is 7.11 Å². The lowest BCUT2D eigenvalue weighted by Gasteiger charge is -2.23. The molecule has 0 aliphatic carbocycles. The maximum Gasteiger partial charge on any atom is 0.339 e. The SMILES string of the molecule is CCc1[nH]c(C(=O)NN(Cc2ccccc2)Cc2ccccc2)c(C)c1C(=O)OC. The van der Waals surface area contributed by atoms with Gasteiger partial charge in [0.05, 0.1) is 12.7 Å². The van der Waals surface area contributed by atoms with Crippen LogP contribution in [0.15, 0.2) is 60.7 Å². The third kappa shape index (κ3) is 4.96. The molecular formula is C24H27N3O3. The van der Waals surface area contributed by atoms with Crippen molar-refractivity contribution < 1.29 is 14.3 Å². The van der Waals surface area contributed by atoms with Crippen LogP contribution in [-0.4, -0.2) is 29.0 Å². The molecule has 1 heterocycles. The molecule has 0 saturated carbocycles. The summed E-state index contributed by atoms with van der Waals surface area (Å²) in [5.41, 5.74) is 7.27. The minimum atomic E-state index is -0.440. The first kappa shape index (κ1) is 21.3. The van der Waals surface area contributed by atoms with Gasteiger partial charge in [0.15, 0.2) is 0 Å². The van der Waals surface area contributed by atoms with E-state index in [1.165, 1.54) is 7.11 Å². The Morgan fingerprint density at radius 2 is 1.50 bits per heavy atom. The van der Waals surface area contributed by atoms with Gasteiger partial charge in [0.2, 0.25) is 0 Å². The highest BCUT2D eigenvalue weighted by Gasteiger charge is 2.24. The van der Waals surface area contributed by atoms with E-state index in [-0.39, 0.29) is 5.91 Å². The summed E-state index contributed by atoms with van der Waals surface area (Å²) in [6.07, 6.45) is 0.594. The standard InChI is InChI=1S/C24H27N3O3/c1-4-20-21(24(29)30-3)17(2)22(25-20)23(28)26-27(15-18-11-7-5-8-12-18)16-19-13-9-6-10-14-19/h5-14,25H,4,15-16H2,1-3H3,(H,26,28). The molecule has 0 aliphatic rings. The van der Waals surface area contributed by atoms with E-state index in [1.807, 2.05) is 72.6 Å². The predicted octanol–water partition coefficient (Wildman–Crippen LogP) is 4.02. The number of aromatic amines is 1. The van der Waals surface area contributed by atoms with Gasteiger partial charge in [-0.3, -0.25) is 10.2 Å². The average molecular weight is 405 g/mol. The van der Waals surface area contributed by atoms with E-state index in [4.69, 9.17) is 4.74 Å². The Kier molecular flexibility index (Phi) is 7.03. The predicted molar refractivity (Wildman–Crippen MR) is 116 cm³/mol. The molecule has 0 radical (unpaired) electrons. The Morgan fingerprint density at radius 1 is 0.967 bits per heavy atom. The van der Waals surface area contributed by atoms with E-state index in [2.05, 4.69) is 10.4 Å². The Balaban J connectivity index is 1.85. The first-order chi connectivity index (χ1) is 14.5. The Morgan fingerprint density at radius 3 is 1.97 bits per heavy atom. The summed E-state index contributed by atoms with van der Waals surface area (Å²) in [6.45, 7) is 4.78. The van der Waals surface area contributed by atoms with Gasteiger partial charge in [-0.25, -0.2) is 9.80 Å². The van der Waals surface area contributed by atoms with Crippen molar-refractivity contribution in [2.24, 2.45) is 0 Å². The second-order valence-corrected chi connectivity index (χ2v) is 7.09. The fourth-order valence-corrected chi connectivity index (χ4v) is 3.47. The molecule has 0 saturated heterocycles. The van der Waals surface area contributed by atoms with Crippen LogP contribution >= 0.6 is 0 Å². The first-order valence-electron chi connectivity index (χ1n) is 9.97. The molecule has 1 aromatic heterocycles. The number of hydrogen-bond acceptors (Lipinski definition) is 4. The van der Waals surface area contributed by atoms with Crippen LogP contribution in [0.25, 0.3) is 0 Å². The van der Waals surface area contributed by atoms with E-state index in [1.54, 1.807) is 6.92 Å². The van der Waals surface area contributed by atoms with E-state index >= 15 is 0 Å². The first-order valence-corrected chi connectivity index (χ1v) is 9.97. The topological polar surface area (TPSA) is 74.4 Å². The molecule has 2 aromatic carbocycles. The number of amides is 1. The maximum absolute atomic E-state index is 13.1. The molecule has 6 nitrogen and oxygen atoms in total. The van der Waals surface area contributed by atoms with Crippen LogP contribution in [0, 0.1) is 6.92 Å². The van der Waals surface area contributed by atoms with Crippen LogP contribution < -0.4 is 5.43 Å². The largest absolute Gasteiger partial charge is 0.465 e. The number of H-pyrrole nitrogens is 1. The lowest BCUT2D eigenvalue weighted by atomic mass is 10.1. The minimum absolute atomic E-state index is 0.288. The molecule has 0 fully saturated rings. The van der Waals surface area contributed by atoms with Gasteiger partial charge in [0.25, 0.3) is 5.91 Å². The highest BCUT2D eigenvalue weighted by molar-refractivity contribution is 6.00. The van der Waals surface area contributed by atoms with Gasteiger partial charge in [0.1, 0.15) is 5.69 Å². The summed E-state index contributed by atoms with van der Waals surface area (Å²) in [6, 6.07) is 19.9. The number of hydrogen-bond donors (Lipinski definition) is 2. The number of ether oxygens (including phenoxy) is 1. The van der Waals surface area contributed by atoms with Crippen molar-refractivity contribution in [3.63, 3.8) is 0 Å². The van der Waals surface area contributed by atoms with Gasteiger partial charge in [-0.15, -0.1) is 0 Å². The molecular weight excluding hydrogens is 378 g/mol. The molecule has 0 atom stereocenters. The minimum Gasteiger partial charge on any atom is -0.465 e. The van der Waals surface area contributed by atoms with Crippen molar-refractivity contribution in [1.82, 2.24) is 15.4 Å². The van der Waals surface area contributed by atoms with Crippen molar-refractivity contribution >= 4 is 11.9 Å². The summed E-state index contributed by atoms with van der Waals surface area (Å²) >= 11 is 0. The van der Waals surface area contributed by atoms with Crippen LogP contribution in [0.5, 0.6) is 0 Å². The Labute approximate surface area is 176 Å². The number of carbonyl (C=O) groups excluding carboxylic acids is 2. The zero-order valence-electron chi connectivity index (χ0n) is 17.6. The van der Waals surface area contributed by atoms with Gasteiger partial charge in [-0.1, -0.05) is 67.6 Å². The Bertz CT molecular complexity index is 956. The molecule has 0 bridgehead atoms. The van der Waals surface area contributed by atoms with Gasteiger partial charge in [-0.05, 0) is 30.0 Å². The van der Waals surface area contributed by atoms with Crippen molar-refractivity contribution in [2.45, 2.75) is 33.4 Å². The maximum atomic E-state index is 13.1.